The summed E-state index contributed by atoms with van der Waals surface area (Å²) in [4.78, 5) is 0. The summed E-state index contributed by atoms with van der Waals surface area (Å²) >= 11 is 0. The van der Waals surface area contributed by atoms with Gasteiger partial charge in [0, 0.05) is 4.11 Å². The maximum Gasteiger partial charge on any atom is 0.159 e. The van der Waals surface area contributed by atoms with E-state index < -0.39 is 30.3 Å². The van der Waals surface area contributed by atoms with Crippen molar-refractivity contribution < 1.29 is 12.9 Å². The molecule has 128 valence electrons. The normalized spacial score (nSPS) is 39.3. The van der Waals surface area contributed by atoms with E-state index in [9.17, 15) is 8.78 Å². The molecule has 0 amide bonds. The van der Waals surface area contributed by atoms with Gasteiger partial charge in [-0.15, -0.1) is 0 Å². The third kappa shape index (κ3) is 4.14. The van der Waals surface area contributed by atoms with Gasteiger partial charge in [0.1, 0.15) is 0 Å². The first-order valence-corrected chi connectivity index (χ1v) is 9.19. The Balaban J connectivity index is 1.70. The summed E-state index contributed by atoms with van der Waals surface area (Å²) in [6.45, 7) is 2.23. The van der Waals surface area contributed by atoms with Crippen LogP contribution in [0.3, 0.4) is 0 Å². The smallest absolute Gasteiger partial charge is 0.159 e. The Kier molecular flexibility index (Phi) is 4.52. The predicted molar refractivity (Wildman–Crippen MR) is 91.4 cm³/mol. The number of halogens is 2. The second-order valence-electron chi connectivity index (χ2n) is 7.36. The average Bonchev–Trinajstić information content (AvgIpc) is 2.57. The van der Waals surface area contributed by atoms with Crippen LogP contribution in [-0.4, -0.2) is 0 Å². The Morgan fingerprint density at radius 2 is 1.74 bits per heavy atom. The van der Waals surface area contributed by atoms with Crippen LogP contribution in [0.15, 0.2) is 18.2 Å². The van der Waals surface area contributed by atoms with E-state index in [4.69, 9.17) is 4.11 Å². The zero-order valence-electron chi connectivity index (χ0n) is 17.0. The van der Waals surface area contributed by atoms with Gasteiger partial charge >= 0.3 is 0 Å². The molecule has 1 aromatic rings. The molecule has 2 aliphatic carbocycles. The first kappa shape index (κ1) is 13.4. The lowest BCUT2D eigenvalue weighted by Crippen LogP contribution is -2.25. The fourth-order valence-electron chi connectivity index (χ4n) is 4.43. The summed E-state index contributed by atoms with van der Waals surface area (Å²) in [6, 6.07) is 3.57. The van der Waals surface area contributed by atoms with Gasteiger partial charge in [0.2, 0.25) is 0 Å². The summed E-state index contributed by atoms with van der Waals surface area (Å²) in [5.74, 6) is -1.01. The van der Waals surface area contributed by atoms with Crippen LogP contribution in [0.2, 0.25) is 0 Å². The van der Waals surface area contributed by atoms with Gasteiger partial charge in [-0.25, -0.2) is 8.78 Å². The molecule has 0 heterocycles. The van der Waals surface area contributed by atoms with Gasteiger partial charge in [-0.2, -0.15) is 0 Å². The Labute approximate surface area is 143 Å². The topological polar surface area (TPSA) is 0 Å². The second kappa shape index (κ2) is 7.77. The minimum absolute atomic E-state index is 0.233. The molecule has 3 atom stereocenters. The summed E-state index contributed by atoms with van der Waals surface area (Å²) in [5, 5.41) is 0. The van der Waals surface area contributed by atoms with Crippen LogP contribution in [0.25, 0.3) is 0 Å². The monoisotopic (exact) mass is 323 g/mol. The molecule has 0 bridgehead atoms. The lowest BCUT2D eigenvalue weighted by atomic mass is 9.68. The number of hydrogen-bond donors (Lipinski definition) is 0. The van der Waals surface area contributed by atoms with Crippen LogP contribution in [-0.2, 0) is 0 Å². The van der Waals surface area contributed by atoms with Gasteiger partial charge in [-0.05, 0) is 79.8 Å². The molecule has 2 fully saturated rings. The Morgan fingerprint density at radius 3 is 2.39 bits per heavy atom. The summed E-state index contributed by atoms with van der Waals surface area (Å²) in [5.41, 5.74) is 0.416. The second-order valence-corrected chi connectivity index (χ2v) is 7.36. The van der Waals surface area contributed by atoms with E-state index in [-0.39, 0.29) is 5.92 Å². The Morgan fingerprint density at radius 1 is 1.00 bits per heavy atom. The number of benzene rings is 1. The minimum atomic E-state index is -1.56. The van der Waals surface area contributed by atoms with Crippen molar-refractivity contribution in [3.8, 4) is 0 Å². The molecule has 0 aromatic heterocycles. The van der Waals surface area contributed by atoms with Crippen molar-refractivity contribution in [1.29, 1.82) is 0 Å². The molecular weight excluding hydrogens is 290 g/mol. The van der Waals surface area contributed by atoms with Crippen molar-refractivity contribution in [2.75, 3.05) is 0 Å². The summed E-state index contributed by atoms with van der Waals surface area (Å²) in [6.07, 6.45) is 6.19. The third-order valence-electron chi connectivity index (χ3n) is 5.83. The van der Waals surface area contributed by atoms with Gasteiger partial charge in [0.05, 0.1) is 0 Å². The zero-order chi connectivity index (χ0) is 18.9. The average molecular weight is 323 g/mol. The molecule has 3 rings (SSSR count). The molecule has 2 aliphatic rings. The number of hydrogen-bond acceptors (Lipinski definition) is 0. The van der Waals surface area contributed by atoms with Crippen LogP contribution in [0.5, 0.6) is 0 Å². The third-order valence-corrected chi connectivity index (χ3v) is 5.83. The molecule has 2 saturated carbocycles. The van der Waals surface area contributed by atoms with E-state index in [1.54, 1.807) is 0 Å². The van der Waals surface area contributed by atoms with Crippen molar-refractivity contribution >= 4 is 0 Å². The minimum Gasteiger partial charge on any atom is -0.204 e. The first-order valence-electron chi connectivity index (χ1n) is 10.8. The van der Waals surface area contributed by atoms with Crippen molar-refractivity contribution in [2.24, 2.45) is 17.8 Å². The van der Waals surface area contributed by atoms with Gasteiger partial charge in [0.15, 0.2) is 11.6 Å². The van der Waals surface area contributed by atoms with E-state index in [1.165, 1.54) is 31.7 Å². The van der Waals surface area contributed by atoms with E-state index in [1.807, 2.05) is 0 Å². The van der Waals surface area contributed by atoms with Crippen LogP contribution in [0.4, 0.5) is 8.78 Å². The summed E-state index contributed by atoms with van der Waals surface area (Å²) < 4.78 is 52.5. The summed E-state index contributed by atoms with van der Waals surface area (Å²) in [7, 11) is 0. The van der Waals surface area contributed by atoms with Crippen molar-refractivity contribution in [3.63, 3.8) is 0 Å². The Bertz CT molecular complexity index is 611. The van der Waals surface area contributed by atoms with E-state index in [2.05, 4.69) is 6.92 Å². The highest BCUT2D eigenvalue weighted by Gasteiger charge is 2.31. The van der Waals surface area contributed by atoms with Crippen LogP contribution < -0.4 is 0 Å². The predicted octanol–water partition coefficient (Wildman–Crippen LogP) is 6.85. The number of rotatable bonds is 4. The molecule has 0 spiro atoms. The largest absolute Gasteiger partial charge is 0.204 e. The van der Waals surface area contributed by atoms with Gasteiger partial charge in [-0.3, -0.25) is 0 Å². The van der Waals surface area contributed by atoms with E-state index >= 15 is 0 Å². The van der Waals surface area contributed by atoms with Crippen molar-refractivity contribution in [1.82, 2.24) is 0 Å². The quantitative estimate of drug-likeness (QED) is 0.568. The molecule has 0 aliphatic heterocycles. The van der Waals surface area contributed by atoms with Crippen LogP contribution >= 0.6 is 0 Å². The lowest BCUT2D eigenvalue weighted by Gasteiger charge is -2.38. The fourth-order valence-corrected chi connectivity index (χ4v) is 4.43. The standard InChI is InChI=1S/C21H30F2/c1-2-3-15-4-6-16(7-5-15)17-8-10-18(11-9-17)19-12-13-20(22)21(23)14-19/h12-18H,2-11H2,1H3/i10D,11D2. The highest BCUT2D eigenvalue weighted by molar-refractivity contribution is 5.22. The molecule has 0 radical (unpaired) electrons. The van der Waals surface area contributed by atoms with Gasteiger partial charge < -0.3 is 0 Å². The maximum absolute atomic E-state index is 13.6. The van der Waals surface area contributed by atoms with E-state index in [0.29, 0.717) is 24.3 Å². The molecule has 3 unspecified atom stereocenters. The first-order chi connectivity index (χ1) is 12.3. The molecular formula is C21H30F2. The van der Waals surface area contributed by atoms with Gasteiger partial charge in [-0.1, -0.05) is 38.7 Å². The fraction of sp³-hybridized carbons (Fsp3) is 0.714. The molecule has 0 nitrogen and oxygen atoms in total. The van der Waals surface area contributed by atoms with E-state index in [0.717, 1.165) is 30.9 Å². The molecule has 1 aromatic carbocycles. The molecule has 23 heavy (non-hydrogen) atoms. The van der Waals surface area contributed by atoms with Crippen molar-refractivity contribution in [3.05, 3.63) is 35.4 Å². The van der Waals surface area contributed by atoms with Gasteiger partial charge in [0.25, 0.3) is 0 Å². The SMILES string of the molecule is [2H]C1CC(C2CCC(CCC)CC2)CC([2H])([2H])C1c1ccc(F)c(F)c1. The molecule has 0 N–H and O–H groups in total. The highest BCUT2D eigenvalue weighted by atomic mass is 19.2. The Hall–Kier alpha value is -0.920. The maximum atomic E-state index is 13.6. The van der Waals surface area contributed by atoms with Crippen LogP contribution in [0, 0.1) is 29.4 Å². The van der Waals surface area contributed by atoms with Crippen molar-refractivity contribution in [2.45, 2.75) is 77.0 Å². The molecule has 0 saturated heterocycles. The van der Waals surface area contributed by atoms with Crippen LogP contribution in [0.1, 0.15) is 86.7 Å². The highest BCUT2D eigenvalue weighted by Crippen LogP contribution is 2.44. The molecule has 2 heteroatoms. The zero-order valence-corrected chi connectivity index (χ0v) is 14.0. The lowest BCUT2D eigenvalue weighted by molar-refractivity contribution is 0.156.